The smallest absolute Gasteiger partial charge is 0.316 e. The Labute approximate surface area is 99.0 Å². The molecule has 1 atom stereocenters. The van der Waals surface area contributed by atoms with Crippen molar-refractivity contribution in [2.45, 2.75) is 25.9 Å². The van der Waals surface area contributed by atoms with Gasteiger partial charge in [-0.15, -0.1) is 0 Å². The van der Waals surface area contributed by atoms with Crippen LogP contribution in [0.5, 0.6) is 0 Å². The molecule has 1 fully saturated rings. The molecule has 1 aliphatic rings. The number of aryl methyl sites for hydroxylation is 1. The molecule has 0 spiro atoms. The van der Waals surface area contributed by atoms with Crippen LogP contribution >= 0.6 is 0 Å². The lowest BCUT2D eigenvalue weighted by Gasteiger charge is -2.14. The zero-order valence-electron chi connectivity index (χ0n) is 9.77. The van der Waals surface area contributed by atoms with Crippen molar-refractivity contribution in [1.82, 2.24) is 5.32 Å². The minimum atomic E-state index is -4.24. The SMILES string of the molecule is Cc1ccc(CC2CCNC2)cc1C(F)(F)F. The molecule has 1 unspecified atom stereocenters. The molecule has 1 N–H and O–H groups in total. The molecule has 0 bridgehead atoms. The van der Waals surface area contributed by atoms with Crippen LogP contribution in [0.25, 0.3) is 0 Å². The van der Waals surface area contributed by atoms with Gasteiger partial charge in [-0.1, -0.05) is 12.1 Å². The molecule has 0 saturated carbocycles. The van der Waals surface area contributed by atoms with E-state index in [2.05, 4.69) is 5.32 Å². The number of benzene rings is 1. The van der Waals surface area contributed by atoms with Gasteiger partial charge in [-0.2, -0.15) is 13.2 Å². The predicted octanol–water partition coefficient (Wildman–Crippen LogP) is 3.17. The largest absolute Gasteiger partial charge is 0.416 e. The zero-order chi connectivity index (χ0) is 12.5. The average Bonchev–Trinajstić information content (AvgIpc) is 2.72. The van der Waals surface area contributed by atoms with Crippen LogP contribution < -0.4 is 5.32 Å². The van der Waals surface area contributed by atoms with E-state index in [1.807, 2.05) is 6.07 Å². The molecular formula is C13H16F3N. The Morgan fingerprint density at radius 3 is 2.71 bits per heavy atom. The predicted molar refractivity (Wildman–Crippen MR) is 60.9 cm³/mol. The molecular weight excluding hydrogens is 227 g/mol. The summed E-state index contributed by atoms with van der Waals surface area (Å²) < 4.78 is 38.2. The molecule has 1 aromatic carbocycles. The van der Waals surface area contributed by atoms with E-state index in [-0.39, 0.29) is 0 Å². The van der Waals surface area contributed by atoms with Gasteiger partial charge in [0, 0.05) is 0 Å². The topological polar surface area (TPSA) is 12.0 Å². The normalized spacial score (nSPS) is 20.8. The summed E-state index contributed by atoms with van der Waals surface area (Å²) in [6, 6.07) is 4.68. The van der Waals surface area contributed by atoms with Gasteiger partial charge in [0.1, 0.15) is 0 Å². The lowest BCUT2D eigenvalue weighted by molar-refractivity contribution is -0.138. The van der Waals surface area contributed by atoms with Crippen molar-refractivity contribution < 1.29 is 13.2 Å². The van der Waals surface area contributed by atoms with Crippen molar-refractivity contribution in [3.8, 4) is 0 Å². The summed E-state index contributed by atoms with van der Waals surface area (Å²) in [5.41, 5.74) is 0.586. The maximum absolute atomic E-state index is 12.7. The molecule has 0 amide bonds. The summed E-state index contributed by atoms with van der Waals surface area (Å²) in [7, 11) is 0. The number of alkyl halides is 3. The lowest BCUT2D eigenvalue weighted by atomic mass is 9.95. The van der Waals surface area contributed by atoms with Gasteiger partial charge in [-0.25, -0.2) is 0 Å². The van der Waals surface area contributed by atoms with Crippen molar-refractivity contribution >= 4 is 0 Å². The van der Waals surface area contributed by atoms with E-state index in [9.17, 15) is 13.2 Å². The van der Waals surface area contributed by atoms with Gasteiger partial charge < -0.3 is 5.32 Å². The van der Waals surface area contributed by atoms with Gasteiger partial charge >= 0.3 is 6.18 Å². The van der Waals surface area contributed by atoms with Gasteiger partial charge in [-0.3, -0.25) is 0 Å². The van der Waals surface area contributed by atoms with E-state index >= 15 is 0 Å². The van der Waals surface area contributed by atoms with Crippen molar-refractivity contribution in [1.29, 1.82) is 0 Å². The summed E-state index contributed by atoms with van der Waals surface area (Å²) in [5.74, 6) is 0.471. The van der Waals surface area contributed by atoms with Gasteiger partial charge in [-0.05, 0) is 56.0 Å². The average molecular weight is 243 g/mol. The fraction of sp³-hybridized carbons (Fsp3) is 0.538. The van der Waals surface area contributed by atoms with Crippen LogP contribution in [0.1, 0.15) is 23.1 Å². The van der Waals surface area contributed by atoms with E-state index < -0.39 is 11.7 Å². The van der Waals surface area contributed by atoms with Gasteiger partial charge in [0.2, 0.25) is 0 Å². The highest BCUT2D eigenvalue weighted by Gasteiger charge is 2.32. The molecule has 1 heterocycles. The van der Waals surface area contributed by atoms with E-state index in [1.54, 1.807) is 6.07 Å². The first-order valence-corrected chi connectivity index (χ1v) is 5.84. The third kappa shape index (κ3) is 3.00. The lowest BCUT2D eigenvalue weighted by Crippen LogP contribution is -2.12. The molecule has 0 aliphatic carbocycles. The Bertz CT molecular complexity index is 392. The highest BCUT2D eigenvalue weighted by molar-refractivity contribution is 5.33. The fourth-order valence-corrected chi connectivity index (χ4v) is 2.32. The zero-order valence-corrected chi connectivity index (χ0v) is 9.77. The third-order valence-electron chi connectivity index (χ3n) is 3.29. The second-order valence-electron chi connectivity index (χ2n) is 4.71. The van der Waals surface area contributed by atoms with Crippen LogP contribution in [-0.2, 0) is 12.6 Å². The minimum absolute atomic E-state index is 0.297. The number of hydrogen-bond acceptors (Lipinski definition) is 1. The Hall–Kier alpha value is -1.03. The maximum Gasteiger partial charge on any atom is 0.416 e. The van der Waals surface area contributed by atoms with Crippen molar-refractivity contribution in [3.05, 3.63) is 34.9 Å². The van der Waals surface area contributed by atoms with E-state index in [1.165, 1.54) is 13.0 Å². The van der Waals surface area contributed by atoms with Gasteiger partial charge in [0.05, 0.1) is 5.56 Å². The van der Waals surface area contributed by atoms with Crippen molar-refractivity contribution in [2.75, 3.05) is 13.1 Å². The number of rotatable bonds is 2. The maximum atomic E-state index is 12.7. The van der Waals surface area contributed by atoms with Crippen LogP contribution in [0, 0.1) is 12.8 Å². The molecule has 4 heteroatoms. The Kier molecular flexibility index (Phi) is 3.43. The molecule has 0 aromatic heterocycles. The summed E-state index contributed by atoms with van der Waals surface area (Å²) in [6.07, 6.45) is -2.46. The van der Waals surface area contributed by atoms with E-state index in [0.29, 0.717) is 11.5 Å². The first-order valence-electron chi connectivity index (χ1n) is 5.84. The molecule has 94 valence electrons. The van der Waals surface area contributed by atoms with Crippen molar-refractivity contribution in [3.63, 3.8) is 0 Å². The number of halogens is 3. The molecule has 1 saturated heterocycles. The summed E-state index contributed by atoms with van der Waals surface area (Å²) in [5, 5.41) is 3.23. The standard InChI is InChI=1S/C13H16F3N/c1-9-2-3-10(6-11-4-5-17-8-11)7-12(9)13(14,15)16/h2-3,7,11,17H,4-6,8H2,1H3. The molecule has 17 heavy (non-hydrogen) atoms. The number of hydrogen-bond donors (Lipinski definition) is 1. The number of nitrogens with one attached hydrogen (secondary N) is 1. The van der Waals surface area contributed by atoms with Crippen LogP contribution in [0.2, 0.25) is 0 Å². The van der Waals surface area contributed by atoms with Crippen LogP contribution in [0.15, 0.2) is 18.2 Å². The Morgan fingerprint density at radius 1 is 1.35 bits per heavy atom. The van der Waals surface area contributed by atoms with Crippen LogP contribution in [0.4, 0.5) is 13.2 Å². The monoisotopic (exact) mass is 243 g/mol. The third-order valence-corrected chi connectivity index (χ3v) is 3.29. The van der Waals surface area contributed by atoms with E-state index in [4.69, 9.17) is 0 Å². The first-order chi connectivity index (χ1) is 7.97. The van der Waals surface area contributed by atoms with Crippen LogP contribution in [0.3, 0.4) is 0 Å². The van der Waals surface area contributed by atoms with E-state index in [0.717, 1.165) is 31.5 Å². The van der Waals surface area contributed by atoms with Gasteiger partial charge in [0.25, 0.3) is 0 Å². The molecule has 1 aromatic rings. The summed E-state index contributed by atoms with van der Waals surface area (Å²) in [6.45, 7) is 3.39. The Balaban J connectivity index is 2.18. The highest BCUT2D eigenvalue weighted by Crippen LogP contribution is 2.32. The Morgan fingerprint density at radius 2 is 2.12 bits per heavy atom. The molecule has 2 rings (SSSR count). The van der Waals surface area contributed by atoms with Crippen LogP contribution in [-0.4, -0.2) is 13.1 Å². The molecule has 1 aliphatic heterocycles. The summed E-state index contributed by atoms with van der Waals surface area (Å²) in [4.78, 5) is 0. The molecule has 1 nitrogen and oxygen atoms in total. The summed E-state index contributed by atoms with van der Waals surface area (Å²) >= 11 is 0. The second kappa shape index (κ2) is 4.69. The quantitative estimate of drug-likeness (QED) is 0.841. The van der Waals surface area contributed by atoms with Gasteiger partial charge in [0.15, 0.2) is 0 Å². The fourth-order valence-electron chi connectivity index (χ4n) is 2.32. The first kappa shape index (κ1) is 12.4. The highest BCUT2D eigenvalue weighted by atomic mass is 19.4. The minimum Gasteiger partial charge on any atom is -0.316 e. The second-order valence-corrected chi connectivity index (χ2v) is 4.71. The molecule has 0 radical (unpaired) electrons. The van der Waals surface area contributed by atoms with Crippen molar-refractivity contribution in [2.24, 2.45) is 5.92 Å².